The summed E-state index contributed by atoms with van der Waals surface area (Å²) in [4.78, 5) is 26.5. The normalized spacial score (nSPS) is 11.3. The van der Waals surface area contributed by atoms with Gasteiger partial charge < -0.3 is 9.64 Å². The first-order valence-corrected chi connectivity index (χ1v) is 9.80. The minimum Gasteiger partial charge on any atom is -0.491 e. The highest BCUT2D eigenvalue weighted by Crippen LogP contribution is 2.30. The fourth-order valence-corrected chi connectivity index (χ4v) is 3.06. The maximum absolute atomic E-state index is 13.1. The Bertz CT molecular complexity index is 1190. The molecule has 0 aliphatic heterocycles. The first-order valence-electron chi connectivity index (χ1n) is 9.80. The number of nitrogens with zero attached hydrogens (tertiary/aromatic N) is 3. The molecule has 6 nitrogen and oxygen atoms in total. The lowest BCUT2D eigenvalue weighted by Crippen LogP contribution is -2.36. The van der Waals surface area contributed by atoms with Crippen molar-refractivity contribution in [1.82, 2.24) is 14.7 Å². The maximum atomic E-state index is 13.1. The number of amides is 1. The van der Waals surface area contributed by atoms with E-state index in [-0.39, 0.29) is 24.5 Å². The van der Waals surface area contributed by atoms with Gasteiger partial charge in [0.05, 0.1) is 17.8 Å². The predicted molar refractivity (Wildman–Crippen MR) is 113 cm³/mol. The molecule has 1 heterocycles. The zero-order chi connectivity index (χ0) is 23.5. The number of para-hydroxylation sites is 1. The molecule has 3 aromatic rings. The molecule has 0 saturated heterocycles. The molecule has 0 atom stereocenters. The number of aryl methyl sites for hydroxylation is 2. The molecular formula is C23H22F3N3O3. The minimum atomic E-state index is -4.53. The van der Waals surface area contributed by atoms with Gasteiger partial charge in [0.15, 0.2) is 5.69 Å². The maximum Gasteiger partial charge on any atom is 0.416 e. The molecule has 0 spiro atoms. The van der Waals surface area contributed by atoms with E-state index in [9.17, 15) is 22.8 Å². The third-order valence-electron chi connectivity index (χ3n) is 4.85. The van der Waals surface area contributed by atoms with Gasteiger partial charge in [-0.2, -0.15) is 18.3 Å². The van der Waals surface area contributed by atoms with Gasteiger partial charge in [-0.25, -0.2) is 4.68 Å². The van der Waals surface area contributed by atoms with Gasteiger partial charge in [0.25, 0.3) is 5.91 Å². The van der Waals surface area contributed by atoms with E-state index in [1.54, 1.807) is 0 Å². The molecule has 2 aromatic carbocycles. The molecule has 0 aliphatic rings. The summed E-state index contributed by atoms with van der Waals surface area (Å²) in [6, 6.07) is 13.1. The minimum absolute atomic E-state index is 0.0944. The fourth-order valence-electron chi connectivity index (χ4n) is 3.06. The molecule has 0 aliphatic carbocycles. The van der Waals surface area contributed by atoms with Crippen molar-refractivity contribution >= 4 is 5.91 Å². The molecule has 0 saturated carbocycles. The van der Waals surface area contributed by atoms with Gasteiger partial charge in [-0.05, 0) is 43.7 Å². The summed E-state index contributed by atoms with van der Waals surface area (Å²) in [6.45, 7) is 3.81. The van der Waals surface area contributed by atoms with Gasteiger partial charge in [0.1, 0.15) is 12.4 Å². The Morgan fingerprint density at radius 1 is 1.09 bits per heavy atom. The Labute approximate surface area is 182 Å². The van der Waals surface area contributed by atoms with Gasteiger partial charge in [-0.3, -0.25) is 9.59 Å². The largest absolute Gasteiger partial charge is 0.491 e. The molecule has 0 radical (unpaired) electrons. The number of halogens is 3. The molecule has 1 amide bonds. The van der Waals surface area contributed by atoms with E-state index in [1.807, 2.05) is 31.2 Å². The molecular weight excluding hydrogens is 423 g/mol. The Kier molecular flexibility index (Phi) is 6.67. The van der Waals surface area contributed by atoms with Crippen molar-refractivity contribution in [2.75, 3.05) is 20.2 Å². The van der Waals surface area contributed by atoms with E-state index >= 15 is 0 Å². The standard InChI is InChI=1S/C23H22F3N3O3/c1-15-7-4-5-10-20(15)32-12-11-28(3)22(31)21-19(30)13-16(2)29(27-21)18-9-6-8-17(14-18)23(24,25)26/h4-10,13-14H,11-12H2,1-3H3. The third-order valence-corrected chi connectivity index (χ3v) is 4.85. The van der Waals surface area contributed by atoms with Crippen molar-refractivity contribution in [2.45, 2.75) is 20.0 Å². The van der Waals surface area contributed by atoms with Crippen LogP contribution in [-0.4, -0.2) is 40.8 Å². The van der Waals surface area contributed by atoms with Gasteiger partial charge in [-0.1, -0.05) is 24.3 Å². The molecule has 1 aromatic heterocycles. The van der Waals surface area contributed by atoms with Crippen LogP contribution >= 0.6 is 0 Å². The second-order valence-electron chi connectivity index (χ2n) is 7.30. The molecule has 32 heavy (non-hydrogen) atoms. The van der Waals surface area contributed by atoms with Crippen LogP contribution in [-0.2, 0) is 6.18 Å². The van der Waals surface area contributed by atoms with Crippen LogP contribution in [0.25, 0.3) is 5.69 Å². The van der Waals surface area contributed by atoms with E-state index < -0.39 is 23.1 Å². The van der Waals surface area contributed by atoms with Gasteiger partial charge in [0.2, 0.25) is 5.43 Å². The Hall–Kier alpha value is -3.62. The number of hydrogen-bond acceptors (Lipinski definition) is 4. The van der Waals surface area contributed by atoms with Gasteiger partial charge in [0, 0.05) is 18.8 Å². The number of carbonyl (C=O) groups is 1. The lowest BCUT2D eigenvalue weighted by Gasteiger charge is -2.18. The van der Waals surface area contributed by atoms with E-state index in [1.165, 1.54) is 37.1 Å². The van der Waals surface area contributed by atoms with E-state index in [0.717, 1.165) is 22.4 Å². The highest BCUT2D eigenvalue weighted by Gasteiger charge is 2.30. The monoisotopic (exact) mass is 445 g/mol. The van der Waals surface area contributed by atoms with Gasteiger partial charge in [-0.15, -0.1) is 0 Å². The number of ether oxygens (including phenoxy) is 1. The number of alkyl halides is 3. The molecule has 0 unspecified atom stereocenters. The number of rotatable bonds is 6. The average Bonchev–Trinajstić information content (AvgIpc) is 2.74. The summed E-state index contributed by atoms with van der Waals surface area (Å²) < 4.78 is 46.1. The Morgan fingerprint density at radius 3 is 2.50 bits per heavy atom. The van der Waals surface area contributed by atoms with E-state index in [4.69, 9.17) is 4.74 Å². The topological polar surface area (TPSA) is 64.4 Å². The Morgan fingerprint density at radius 2 is 1.81 bits per heavy atom. The van der Waals surface area contributed by atoms with Crippen molar-refractivity contribution in [2.24, 2.45) is 0 Å². The summed E-state index contributed by atoms with van der Waals surface area (Å²) in [5.41, 5.74) is -0.499. The Balaban J connectivity index is 1.81. The zero-order valence-electron chi connectivity index (χ0n) is 17.8. The quantitative estimate of drug-likeness (QED) is 0.575. The van der Waals surface area contributed by atoms with Crippen LogP contribution in [0.2, 0.25) is 0 Å². The second kappa shape index (κ2) is 9.25. The smallest absolute Gasteiger partial charge is 0.416 e. The highest BCUT2D eigenvalue weighted by atomic mass is 19.4. The number of aromatic nitrogens is 2. The van der Waals surface area contributed by atoms with Crippen molar-refractivity contribution < 1.29 is 22.7 Å². The first kappa shape index (κ1) is 23.1. The predicted octanol–water partition coefficient (Wildman–Crippen LogP) is 4.02. The number of carbonyl (C=O) groups excluding carboxylic acids is 1. The van der Waals surface area contributed by atoms with Crippen molar-refractivity contribution in [3.05, 3.63) is 87.3 Å². The van der Waals surface area contributed by atoms with Crippen LogP contribution in [0.4, 0.5) is 13.2 Å². The van der Waals surface area contributed by atoms with E-state index in [2.05, 4.69) is 5.10 Å². The molecule has 9 heteroatoms. The zero-order valence-corrected chi connectivity index (χ0v) is 17.8. The lowest BCUT2D eigenvalue weighted by atomic mass is 10.2. The summed E-state index contributed by atoms with van der Waals surface area (Å²) in [7, 11) is 1.50. The van der Waals surface area contributed by atoms with Crippen LogP contribution < -0.4 is 10.2 Å². The second-order valence-corrected chi connectivity index (χ2v) is 7.30. The summed E-state index contributed by atoms with van der Waals surface area (Å²) >= 11 is 0. The van der Waals surface area contributed by atoms with Crippen LogP contribution in [0, 0.1) is 13.8 Å². The van der Waals surface area contributed by atoms with Crippen molar-refractivity contribution in [3.8, 4) is 11.4 Å². The number of likely N-dealkylation sites (N-methyl/N-ethyl adjacent to an activating group) is 1. The van der Waals surface area contributed by atoms with Crippen LogP contribution in [0.1, 0.15) is 27.3 Å². The first-order chi connectivity index (χ1) is 15.1. The number of hydrogen-bond donors (Lipinski definition) is 0. The molecule has 0 N–H and O–H groups in total. The number of benzene rings is 2. The fraction of sp³-hybridized carbons (Fsp3) is 0.261. The third kappa shape index (κ3) is 5.16. The van der Waals surface area contributed by atoms with Crippen molar-refractivity contribution in [3.63, 3.8) is 0 Å². The average molecular weight is 445 g/mol. The van der Waals surface area contributed by atoms with Crippen LogP contribution in [0.15, 0.2) is 59.4 Å². The van der Waals surface area contributed by atoms with Crippen LogP contribution in [0.5, 0.6) is 5.75 Å². The SMILES string of the molecule is Cc1ccccc1OCCN(C)C(=O)c1nn(-c2cccc(C(F)(F)F)c2)c(C)cc1=O. The molecule has 0 fully saturated rings. The van der Waals surface area contributed by atoms with Crippen LogP contribution in [0.3, 0.4) is 0 Å². The molecule has 168 valence electrons. The van der Waals surface area contributed by atoms with Gasteiger partial charge >= 0.3 is 6.18 Å². The summed E-state index contributed by atoms with van der Waals surface area (Å²) in [5.74, 6) is 0.0396. The molecule has 0 bridgehead atoms. The summed E-state index contributed by atoms with van der Waals surface area (Å²) in [5, 5.41) is 4.07. The summed E-state index contributed by atoms with van der Waals surface area (Å²) in [6.07, 6.45) is -4.53. The van der Waals surface area contributed by atoms with Crippen molar-refractivity contribution in [1.29, 1.82) is 0 Å². The molecule has 3 rings (SSSR count). The van der Waals surface area contributed by atoms with E-state index in [0.29, 0.717) is 11.4 Å². The highest BCUT2D eigenvalue weighted by molar-refractivity contribution is 5.91. The lowest BCUT2D eigenvalue weighted by molar-refractivity contribution is -0.137.